The second-order valence-corrected chi connectivity index (χ2v) is 11.1. The van der Waals surface area contributed by atoms with E-state index in [4.69, 9.17) is 4.42 Å². The number of rotatable bonds is 7. The molecule has 7 nitrogen and oxygen atoms in total. The minimum Gasteiger partial charge on any atom is -0.478 e. The summed E-state index contributed by atoms with van der Waals surface area (Å²) in [5, 5.41) is 9.58. The van der Waals surface area contributed by atoms with Crippen molar-refractivity contribution in [1.82, 2.24) is 4.98 Å². The Labute approximate surface area is 195 Å². The third kappa shape index (κ3) is 4.95. The maximum atomic E-state index is 13.4. The molecule has 0 saturated heterocycles. The summed E-state index contributed by atoms with van der Waals surface area (Å²) in [6.45, 7) is 11.9. The van der Waals surface area contributed by atoms with Gasteiger partial charge in [0.25, 0.3) is 10.0 Å². The number of oxazole rings is 1. The van der Waals surface area contributed by atoms with Crippen molar-refractivity contribution in [3.8, 4) is 11.5 Å². The zero-order chi connectivity index (χ0) is 24.6. The van der Waals surface area contributed by atoms with Crippen LogP contribution in [0.5, 0.6) is 0 Å². The van der Waals surface area contributed by atoms with Crippen molar-refractivity contribution in [1.29, 1.82) is 0 Å². The number of aromatic carboxylic acids is 1. The summed E-state index contributed by atoms with van der Waals surface area (Å²) in [6.07, 6.45) is 1.30. The van der Waals surface area contributed by atoms with Crippen LogP contribution in [0.25, 0.3) is 11.5 Å². The number of nitrogens with zero attached hydrogens (tertiary/aromatic N) is 2. The topological polar surface area (TPSA) is 101 Å². The largest absolute Gasteiger partial charge is 0.478 e. The second kappa shape index (κ2) is 9.02. The third-order valence-electron chi connectivity index (χ3n) is 5.50. The van der Waals surface area contributed by atoms with Crippen molar-refractivity contribution < 1.29 is 22.7 Å². The highest BCUT2D eigenvalue weighted by atomic mass is 32.2. The minimum absolute atomic E-state index is 0.00724. The van der Waals surface area contributed by atoms with E-state index in [1.807, 2.05) is 38.1 Å². The Bertz CT molecular complexity index is 1250. The molecule has 0 aliphatic heterocycles. The molecule has 1 aromatic heterocycles. The number of benzene rings is 2. The van der Waals surface area contributed by atoms with E-state index in [-0.39, 0.29) is 34.2 Å². The van der Waals surface area contributed by atoms with Crippen LogP contribution in [0.1, 0.15) is 68.9 Å². The van der Waals surface area contributed by atoms with Gasteiger partial charge in [-0.25, -0.2) is 17.5 Å². The van der Waals surface area contributed by atoms with Gasteiger partial charge in [0.1, 0.15) is 6.26 Å². The first-order chi connectivity index (χ1) is 15.4. The number of anilines is 1. The fourth-order valence-corrected chi connectivity index (χ4v) is 5.02. The molecule has 0 fully saturated rings. The molecule has 0 aliphatic carbocycles. The SMILES string of the molecule is CCN(c1coc(-c2ccc(C(C)(C)C)cc2)n1)S(=O)(=O)c1ccc(C(C)C)c(C(=O)O)c1. The van der Waals surface area contributed by atoms with Crippen LogP contribution in [0.3, 0.4) is 0 Å². The lowest BCUT2D eigenvalue weighted by atomic mass is 9.87. The minimum atomic E-state index is -4.05. The van der Waals surface area contributed by atoms with Gasteiger partial charge >= 0.3 is 5.97 Å². The maximum absolute atomic E-state index is 13.4. The molecule has 0 bridgehead atoms. The second-order valence-electron chi connectivity index (χ2n) is 9.22. The highest BCUT2D eigenvalue weighted by Gasteiger charge is 2.28. The van der Waals surface area contributed by atoms with Gasteiger partial charge in [-0.15, -0.1) is 0 Å². The molecule has 0 unspecified atom stereocenters. The summed E-state index contributed by atoms with van der Waals surface area (Å²) in [6, 6.07) is 12.0. The standard InChI is InChI=1S/C25H30N2O5S/c1-7-27(33(30,31)19-12-13-20(16(2)3)21(14-19)24(28)29)22-15-32-23(26-22)17-8-10-18(11-9-17)25(4,5)6/h8-16H,7H2,1-6H3,(H,28,29). The van der Waals surface area contributed by atoms with Gasteiger partial charge in [0.2, 0.25) is 5.89 Å². The van der Waals surface area contributed by atoms with Gasteiger partial charge in [-0.05, 0) is 53.6 Å². The predicted octanol–water partition coefficient (Wildman–Crippen LogP) is 5.68. The number of hydrogen-bond donors (Lipinski definition) is 1. The van der Waals surface area contributed by atoms with Gasteiger partial charge in [-0.2, -0.15) is 4.98 Å². The average molecular weight is 471 g/mol. The molecule has 8 heteroatoms. The van der Waals surface area contributed by atoms with Crippen molar-refractivity contribution in [2.45, 2.75) is 57.8 Å². The van der Waals surface area contributed by atoms with Crippen LogP contribution in [-0.4, -0.2) is 31.0 Å². The summed E-state index contributed by atoms with van der Waals surface area (Å²) < 4.78 is 33.4. The number of carboxylic acids is 1. The van der Waals surface area contributed by atoms with Crippen LogP contribution in [-0.2, 0) is 15.4 Å². The van der Waals surface area contributed by atoms with Gasteiger partial charge in [0.15, 0.2) is 5.82 Å². The maximum Gasteiger partial charge on any atom is 0.336 e. The van der Waals surface area contributed by atoms with Gasteiger partial charge in [0, 0.05) is 12.1 Å². The quantitative estimate of drug-likeness (QED) is 0.477. The lowest BCUT2D eigenvalue weighted by molar-refractivity contribution is 0.0695. The number of carboxylic acid groups (broad SMARTS) is 1. The molecule has 0 amide bonds. The van der Waals surface area contributed by atoms with Crippen LogP contribution >= 0.6 is 0 Å². The molecule has 176 valence electrons. The Balaban J connectivity index is 1.97. The number of sulfonamides is 1. The number of aromatic nitrogens is 1. The molecule has 0 aliphatic rings. The molecular weight excluding hydrogens is 440 g/mol. The molecule has 1 N–H and O–H groups in total. The van der Waals surface area contributed by atoms with Gasteiger partial charge in [-0.3, -0.25) is 0 Å². The van der Waals surface area contributed by atoms with Crippen LogP contribution < -0.4 is 4.31 Å². The van der Waals surface area contributed by atoms with Gasteiger partial charge in [-0.1, -0.05) is 52.8 Å². The summed E-state index contributed by atoms with van der Waals surface area (Å²) >= 11 is 0. The summed E-state index contributed by atoms with van der Waals surface area (Å²) in [5.41, 5.74) is 2.45. The summed E-state index contributed by atoms with van der Waals surface area (Å²) in [4.78, 5) is 16.0. The van der Waals surface area contributed by atoms with E-state index < -0.39 is 16.0 Å². The molecule has 2 aromatic carbocycles. The fourth-order valence-electron chi connectivity index (χ4n) is 3.59. The zero-order valence-electron chi connectivity index (χ0n) is 19.8. The molecule has 0 spiro atoms. The van der Waals surface area contributed by atoms with Crippen molar-refractivity contribution in [3.63, 3.8) is 0 Å². The van der Waals surface area contributed by atoms with Crippen molar-refractivity contribution in [2.24, 2.45) is 0 Å². The number of hydrogen-bond acceptors (Lipinski definition) is 5. The molecule has 33 heavy (non-hydrogen) atoms. The van der Waals surface area contributed by atoms with Gasteiger partial charge < -0.3 is 9.52 Å². The van der Waals surface area contributed by atoms with Crippen LogP contribution in [0.4, 0.5) is 5.82 Å². The van der Waals surface area contributed by atoms with E-state index in [1.165, 1.54) is 18.4 Å². The number of carbonyl (C=O) groups is 1. The van der Waals surface area contributed by atoms with Crippen molar-refractivity contribution >= 4 is 21.8 Å². The monoisotopic (exact) mass is 470 g/mol. The summed E-state index contributed by atoms with van der Waals surface area (Å²) in [5.74, 6) is -0.781. The summed E-state index contributed by atoms with van der Waals surface area (Å²) in [7, 11) is -4.05. The lowest BCUT2D eigenvalue weighted by Crippen LogP contribution is -2.31. The molecule has 1 heterocycles. The first kappa shape index (κ1) is 24.5. The lowest BCUT2D eigenvalue weighted by Gasteiger charge is -2.21. The Kier molecular flexibility index (Phi) is 6.70. The predicted molar refractivity (Wildman–Crippen MR) is 128 cm³/mol. The van der Waals surface area contributed by atoms with Crippen molar-refractivity contribution in [2.75, 3.05) is 10.8 Å². The molecule has 0 saturated carbocycles. The Morgan fingerprint density at radius 3 is 2.27 bits per heavy atom. The Morgan fingerprint density at radius 2 is 1.76 bits per heavy atom. The van der Waals surface area contributed by atoms with Crippen LogP contribution in [0.15, 0.2) is 58.0 Å². The van der Waals surface area contributed by atoms with E-state index in [9.17, 15) is 18.3 Å². The average Bonchev–Trinajstić information content (AvgIpc) is 3.22. The smallest absolute Gasteiger partial charge is 0.336 e. The van der Waals surface area contributed by atoms with Crippen molar-refractivity contribution in [3.05, 3.63) is 65.4 Å². The molecular formula is C25H30N2O5S. The molecule has 3 rings (SSSR count). The van der Waals surface area contributed by atoms with Crippen LogP contribution in [0, 0.1) is 0 Å². The Morgan fingerprint density at radius 1 is 1.12 bits per heavy atom. The van der Waals surface area contributed by atoms with E-state index in [0.29, 0.717) is 11.5 Å². The van der Waals surface area contributed by atoms with E-state index in [2.05, 4.69) is 25.8 Å². The molecule has 0 atom stereocenters. The zero-order valence-corrected chi connectivity index (χ0v) is 20.6. The third-order valence-corrected chi connectivity index (χ3v) is 7.37. The highest BCUT2D eigenvalue weighted by molar-refractivity contribution is 7.92. The van der Waals surface area contributed by atoms with Gasteiger partial charge in [0.05, 0.1) is 10.5 Å². The fraction of sp³-hybridized carbons (Fsp3) is 0.360. The molecule has 0 radical (unpaired) electrons. The first-order valence-electron chi connectivity index (χ1n) is 10.8. The van der Waals surface area contributed by atoms with E-state index in [0.717, 1.165) is 15.4 Å². The normalized spacial score (nSPS) is 12.2. The molecule has 3 aromatic rings. The van der Waals surface area contributed by atoms with E-state index in [1.54, 1.807) is 13.0 Å². The highest BCUT2D eigenvalue weighted by Crippen LogP contribution is 2.30. The van der Waals surface area contributed by atoms with Crippen LogP contribution in [0.2, 0.25) is 0 Å². The first-order valence-corrected chi connectivity index (χ1v) is 12.3. The van der Waals surface area contributed by atoms with E-state index >= 15 is 0 Å². The Hall–Kier alpha value is -3.13.